The Morgan fingerprint density at radius 2 is 1.13 bits per heavy atom. The van der Waals surface area contributed by atoms with Crippen molar-refractivity contribution in [3.05, 3.63) is 12.2 Å². The van der Waals surface area contributed by atoms with Gasteiger partial charge in [-0.1, -0.05) is 116 Å². The average Bonchev–Trinajstić information content (AvgIpc) is 2.74. The third-order valence-electron chi connectivity index (χ3n) is 5.37. The molecule has 0 aliphatic rings. The number of aliphatic hydroxyl groups excluding tert-OH is 2. The quantitative estimate of drug-likeness (QED) is 0.102. The van der Waals surface area contributed by atoms with E-state index in [-0.39, 0.29) is 0 Å². The van der Waals surface area contributed by atoms with Gasteiger partial charge in [0.2, 0.25) is 0 Å². The fraction of sp³-hybridized carbons (Fsp3) is 0.840. The standard InChI is InChI=1S/C25H46O5/c1-2-3-4-5-6-7-8-9-10-11-12-13-14-15-16-17-18-19-20-21-24(28)30-25(29)23(27)22-26/h20-21,23,26-27H,2-19,22H2,1H3. The van der Waals surface area contributed by atoms with Crippen LogP contribution in [-0.2, 0) is 14.3 Å². The second-order valence-corrected chi connectivity index (χ2v) is 8.29. The first-order chi connectivity index (χ1) is 14.6. The van der Waals surface area contributed by atoms with Crippen LogP contribution in [0.1, 0.15) is 122 Å². The molecule has 30 heavy (non-hydrogen) atoms. The van der Waals surface area contributed by atoms with Gasteiger partial charge in [-0.15, -0.1) is 0 Å². The molecule has 0 aromatic heterocycles. The third-order valence-corrected chi connectivity index (χ3v) is 5.37. The van der Waals surface area contributed by atoms with E-state index in [1.54, 1.807) is 6.08 Å². The zero-order valence-electron chi connectivity index (χ0n) is 19.3. The second-order valence-electron chi connectivity index (χ2n) is 8.29. The van der Waals surface area contributed by atoms with E-state index in [0.29, 0.717) is 0 Å². The maximum Gasteiger partial charge on any atom is 0.345 e. The van der Waals surface area contributed by atoms with Crippen molar-refractivity contribution in [2.45, 2.75) is 129 Å². The first kappa shape index (κ1) is 28.8. The van der Waals surface area contributed by atoms with Crippen molar-refractivity contribution >= 4 is 11.9 Å². The molecule has 176 valence electrons. The summed E-state index contributed by atoms with van der Waals surface area (Å²) in [4.78, 5) is 22.4. The lowest BCUT2D eigenvalue weighted by Gasteiger charge is -2.04. The van der Waals surface area contributed by atoms with Crippen molar-refractivity contribution in [2.75, 3.05) is 6.61 Å². The van der Waals surface area contributed by atoms with Crippen LogP contribution in [0.25, 0.3) is 0 Å². The third kappa shape index (κ3) is 20.1. The topological polar surface area (TPSA) is 83.8 Å². The number of allylic oxidation sites excluding steroid dienone is 1. The molecule has 0 fully saturated rings. The molecular formula is C25H46O5. The van der Waals surface area contributed by atoms with Crippen LogP contribution in [-0.4, -0.2) is 34.9 Å². The number of hydrogen-bond acceptors (Lipinski definition) is 5. The summed E-state index contributed by atoms with van der Waals surface area (Å²) in [5.41, 5.74) is 0. The van der Waals surface area contributed by atoms with Crippen molar-refractivity contribution in [1.82, 2.24) is 0 Å². The van der Waals surface area contributed by atoms with Gasteiger partial charge in [0, 0.05) is 6.08 Å². The molecule has 0 amide bonds. The van der Waals surface area contributed by atoms with Crippen LogP contribution in [0, 0.1) is 0 Å². The Morgan fingerprint density at radius 3 is 1.53 bits per heavy atom. The number of aliphatic hydroxyl groups is 2. The first-order valence-corrected chi connectivity index (χ1v) is 12.3. The molecule has 0 rings (SSSR count). The van der Waals surface area contributed by atoms with Crippen LogP contribution in [0.4, 0.5) is 0 Å². The van der Waals surface area contributed by atoms with Gasteiger partial charge >= 0.3 is 11.9 Å². The fourth-order valence-corrected chi connectivity index (χ4v) is 3.44. The monoisotopic (exact) mass is 426 g/mol. The van der Waals surface area contributed by atoms with Gasteiger partial charge in [0.15, 0.2) is 6.10 Å². The highest BCUT2D eigenvalue weighted by Crippen LogP contribution is 2.14. The highest BCUT2D eigenvalue weighted by molar-refractivity contribution is 5.93. The van der Waals surface area contributed by atoms with E-state index in [9.17, 15) is 9.59 Å². The van der Waals surface area contributed by atoms with Crippen LogP contribution in [0.2, 0.25) is 0 Å². The van der Waals surface area contributed by atoms with Crippen molar-refractivity contribution in [1.29, 1.82) is 0 Å². The zero-order chi connectivity index (χ0) is 22.3. The largest absolute Gasteiger partial charge is 0.393 e. The van der Waals surface area contributed by atoms with Crippen LogP contribution in [0.15, 0.2) is 12.2 Å². The van der Waals surface area contributed by atoms with Crippen molar-refractivity contribution in [3.63, 3.8) is 0 Å². The van der Waals surface area contributed by atoms with Crippen LogP contribution in [0.3, 0.4) is 0 Å². The lowest BCUT2D eigenvalue weighted by atomic mass is 10.0. The molecule has 0 saturated carbocycles. The summed E-state index contributed by atoms with van der Waals surface area (Å²) in [6.07, 6.45) is 24.7. The summed E-state index contributed by atoms with van der Waals surface area (Å²) in [7, 11) is 0. The highest BCUT2D eigenvalue weighted by Gasteiger charge is 2.17. The van der Waals surface area contributed by atoms with Gasteiger partial charge < -0.3 is 14.9 Å². The number of unbranched alkanes of at least 4 members (excludes halogenated alkanes) is 17. The van der Waals surface area contributed by atoms with Crippen LogP contribution >= 0.6 is 0 Å². The van der Waals surface area contributed by atoms with E-state index >= 15 is 0 Å². The number of esters is 2. The number of rotatable bonds is 21. The van der Waals surface area contributed by atoms with E-state index in [2.05, 4.69) is 11.7 Å². The average molecular weight is 427 g/mol. The number of ether oxygens (including phenoxy) is 1. The molecule has 1 atom stereocenters. The van der Waals surface area contributed by atoms with Gasteiger partial charge in [-0.2, -0.15) is 0 Å². The summed E-state index contributed by atoms with van der Waals surface area (Å²) in [6, 6.07) is 0. The Labute approximate surface area is 184 Å². The summed E-state index contributed by atoms with van der Waals surface area (Å²) < 4.78 is 4.37. The van der Waals surface area contributed by atoms with E-state index in [0.717, 1.165) is 19.3 Å². The maximum absolute atomic E-state index is 11.3. The van der Waals surface area contributed by atoms with E-state index in [1.807, 2.05) is 0 Å². The van der Waals surface area contributed by atoms with Gasteiger partial charge in [-0.05, 0) is 12.8 Å². The summed E-state index contributed by atoms with van der Waals surface area (Å²) in [5, 5.41) is 17.6. The Bertz CT molecular complexity index is 433. The van der Waals surface area contributed by atoms with Crippen LogP contribution in [0.5, 0.6) is 0 Å². The number of carbonyl (C=O) groups is 2. The molecule has 0 aliphatic carbocycles. The lowest BCUT2D eigenvalue weighted by Crippen LogP contribution is -2.28. The molecule has 0 spiro atoms. The number of hydrogen-bond donors (Lipinski definition) is 2. The summed E-state index contributed by atoms with van der Waals surface area (Å²) >= 11 is 0. The number of carbonyl (C=O) groups excluding carboxylic acids is 2. The predicted molar refractivity (Wildman–Crippen MR) is 122 cm³/mol. The Morgan fingerprint density at radius 1 is 0.733 bits per heavy atom. The molecule has 0 bridgehead atoms. The second kappa shape index (κ2) is 22.5. The Hall–Kier alpha value is -1.20. The molecule has 0 aliphatic heterocycles. The van der Waals surface area contributed by atoms with Crippen LogP contribution < -0.4 is 0 Å². The molecule has 0 radical (unpaired) electrons. The minimum absolute atomic E-state index is 0.755. The lowest BCUT2D eigenvalue weighted by molar-refractivity contribution is -0.164. The molecular weight excluding hydrogens is 380 g/mol. The minimum atomic E-state index is -1.66. The molecule has 1 unspecified atom stereocenters. The van der Waals surface area contributed by atoms with Gasteiger partial charge in [-0.25, -0.2) is 9.59 Å². The molecule has 5 nitrogen and oxygen atoms in total. The predicted octanol–water partition coefficient (Wildman–Crippen LogP) is 6.01. The van der Waals surface area contributed by atoms with E-state index in [1.165, 1.54) is 102 Å². The Kier molecular flexibility index (Phi) is 21.6. The smallest absolute Gasteiger partial charge is 0.345 e. The van der Waals surface area contributed by atoms with Gasteiger partial charge in [0.05, 0.1) is 6.61 Å². The molecule has 0 aromatic carbocycles. The molecule has 0 saturated heterocycles. The zero-order valence-corrected chi connectivity index (χ0v) is 19.3. The molecule has 5 heteroatoms. The van der Waals surface area contributed by atoms with Gasteiger partial charge in [-0.3, -0.25) is 0 Å². The first-order valence-electron chi connectivity index (χ1n) is 12.3. The summed E-state index contributed by atoms with van der Waals surface area (Å²) in [6.45, 7) is 1.51. The highest BCUT2D eigenvalue weighted by atomic mass is 16.6. The summed E-state index contributed by atoms with van der Waals surface area (Å²) in [5.74, 6) is -1.93. The maximum atomic E-state index is 11.3. The molecule has 0 aromatic rings. The van der Waals surface area contributed by atoms with E-state index in [4.69, 9.17) is 10.2 Å². The Balaban J connectivity index is 3.28. The molecule has 0 heterocycles. The van der Waals surface area contributed by atoms with Crippen molar-refractivity contribution in [2.24, 2.45) is 0 Å². The van der Waals surface area contributed by atoms with Crippen molar-refractivity contribution in [3.8, 4) is 0 Å². The van der Waals surface area contributed by atoms with Gasteiger partial charge in [0.1, 0.15) is 0 Å². The minimum Gasteiger partial charge on any atom is -0.393 e. The van der Waals surface area contributed by atoms with E-state index < -0.39 is 24.6 Å². The van der Waals surface area contributed by atoms with Gasteiger partial charge in [0.25, 0.3) is 0 Å². The normalized spacial score (nSPS) is 12.4. The van der Waals surface area contributed by atoms with Crippen molar-refractivity contribution < 1.29 is 24.5 Å². The molecule has 2 N–H and O–H groups in total. The SMILES string of the molecule is CCCCCCCCCCCCCCCCCCCC=CC(=O)OC(=O)C(O)CO. The fourth-order valence-electron chi connectivity index (χ4n) is 3.44.